The minimum Gasteiger partial charge on any atom is -0.412 e. The Kier molecular flexibility index (Phi) is 10.5. The van der Waals surface area contributed by atoms with E-state index in [4.69, 9.17) is 32.5 Å². The van der Waals surface area contributed by atoms with Crippen LogP contribution in [0.5, 0.6) is 0 Å². The molecule has 0 radical (unpaired) electrons. The van der Waals surface area contributed by atoms with Gasteiger partial charge in [0.2, 0.25) is 5.96 Å². The molecule has 0 aliphatic heterocycles. The van der Waals surface area contributed by atoms with Gasteiger partial charge in [-0.05, 0) is 41.1 Å². The Morgan fingerprint density at radius 2 is 1.90 bits per heavy atom. The number of rotatable bonds is 4. The maximum absolute atomic E-state index is 10.7. The molecule has 0 bridgehead atoms. The van der Waals surface area contributed by atoms with Gasteiger partial charge in [-0.2, -0.15) is 13.5 Å². The molecular weight excluding hydrogens is 510 g/mol. The topological polar surface area (TPSA) is 215 Å². The lowest BCUT2D eigenvalue weighted by Crippen LogP contribution is -2.28. The smallest absolute Gasteiger partial charge is 0.294 e. The van der Waals surface area contributed by atoms with E-state index >= 15 is 0 Å². The number of nitrogens with two attached hydrogens (primary N) is 1. The van der Waals surface area contributed by atoms with Crippen molar-refractivity contribution in [2.45, 2.75) is 11.8 Å². The normalized spacial score (nSPS) is 10.6. The van der Waals surface area contributed by atoms with Crippen molar-refractivity contribution in [3.63, 3.8) is 0 Å². The van der Waals surface area contributed by atoms with Gasteiger partial charge in [0.15, 0.2) is 0 Å². The summed E-state index contributed by atoms with van der Waals surface area (Å²) >= 11 is 8.74. The van der Waals surface area contributed by atoms with Crippen molar-refractivity contribution in [3.8, 4) is 0 Å². The third-order valence-electron chi connectivity index (χ3n) is 3.08. The standard InChI is InChI=1S/C8H7BrClN5O3.C7H8O3S.H2O/c9-7-4(3-13-14(16)8(11)12)1-5(10)2-6(7)15(17)18;1-6-2-4-7(5-3-6)11(8,9)10;/h1-3,16H,(H3,11,12);2-5H,1H3,(H,8,9,10);1H2. The first-order valence-electron chi connectivity index (χ1n) is 7.37. The Morgan fingerprint density at radius 1 is 1.37 bits per heavy atom. The summed E-state index contributed by atoms with van der Waals surface area (Å²) in [4.78, 5) is 10.0. The third-order valence-corrected chi connectivity index (χ3v) is 5.03. The van der Waals surface area contributed by atoms with E-state index in [1.54, 1.807) is 12.1 Å². The van der Waals surface area contributed by atoms with Gasteiger partial charge >= 0.3 is 0 Å². The summed E-state index contributed by atoms with van der Waals surface area (Å²) < 4.78 is 29.7. The molecule has 0 atom stereocenters. The van der Waals surface area contributed by atoms with E-state index in [2.05, 4.69) is 21.0 Å². The van der Waals surface area contributed by atoms with E-state index in [0.29, 0.717) is 0 Å². The van der Waals surface area contributed by atoms with E-state index in [1.807, 2.05) is 6.92 Å². The Balaban J connectivity index is 0.000000603. The Bertz CT molecular complexity index is 1050. The molecule has 0 unspecified atom stereocenters. The van der Waals surface area contributed by atoms with E-state index in [1.165, 1.54) is 24.3 Å². The highest BCUT2D eigenvalue weighted by molar-refractivity contribution is 9.10. The van der Waals surface area contributed by atoms with Crippen LogP contribution in [0.25, 0.3) is 0 Å². The van der Waals surface area contributed by atoms with E-state index in [9.17, 15) is 18.5 Å². The molecule has 0 amide bonds. The van der Waals surface area contributed by atoms with Crippen LogP contribution < -0.4 is 5.73 Å². The molecule has 0 aliphatic carbocycles. The van der Waals surface area contributed by atoms with Crippen molar-refractivity contribution in [1.82, 2.24) is 5.17 Å². The molecule has 0 heterocycles. The number of nitrogens with zero attached hydrogens (tertiary/aromatic N) is 3. The molecule has 2 aromatic rings. The maximum Gasteiger partial charge on any atom is 0.294 e. The van der Waals surface area contributed by atoms with Crippen LogP contribution in [0.4, 0.5) is 5.69 Å². The van der Waals surface area contributed by atoms with Gasteiger partial charge in [0.1, 0.15) is 4.47 Å². The highest BCUT2D eigenvalue weighted by Gasteiger charge is 2.16. The minimum atomic E-state index is -4.02. The molecule has 0 spiro atoms. The van der Waals surface area contributed by atoms with Crippen LogP contribution in [0.1, 0.15) is 11.1 Å². The minimum absolute atomic E-state index is 0. The molecule has 0 aliphatic rings. The van der Waals surface area contributed by atoms with Crippen molar-refractivity contribution < 1.29 is 28.6 Å². The fraction of sp³-hybridized carbons (Fsp3) is 0.0667. The summed E-state index contributed by atoms with van der Waals surface area (Å²) in [6.07, 6.45) is 1.07. The number of aryl methyl sites for hydroxylation is 1. The first-order valence-corrected chi connectivity index (χ1v) is 9.98. The second-order valence-corrected chi connectivity index (χ2v) is 7.94. The van der Waals surface area contributed by atoms with Crippen molar-refractivity contribution >= 4 is 55.5 Å². The summed E-state index contributed by atoms with van der Waals surface area (Å²) in [6.45, 7) is 1.84. The first-order chi connectivity index (χ1) is 13.3. The monoisotopic (exact) mass is 525 g/mol. The molecule has 12 nitrogen and oxygen atoms in total. The maximum atomic E-state index is 10.7. The van der Waals surface area contributed by atoms with Crippen LogP contribution in [0.2, 0.25) is 5.02 Å². The third kappa shape index (κ3) is 8.40. The van der Waals surface area contributed by atoms with E-state index < -0.39 is 21.0 Å². The zero-order valence-corrected chi connectivity index (χ0v) is 18.3. The fourth-order valence-electron chi connectivity index (χ4n) is 1.71. The summed E-state index contributed by atoms with van der Waals surface area (Å²) in [6, 6.07) is 8.56. The van der Waals surface area contributed by atoms with Gasteiger partial charge < -0.3 is 11.2 Å². The lowest BCUT2D eigenvalue weighted by molar-refractivity contribution is -0.385. The van der Waals surface area contributed by atoms with Gasteiger partial charge in [0.05, 0.1) is 16.0 Å². The zero-order valence-electron chi connectivity index (χ0n) is 15.2. The van der Waals surface area contributed by atoms with Crippen LogP contribution >= 0.6 is 27.5 Å². The molecular formula is C15H17BrClN5O7S. The van der Waals surface area contributed by atoms with E-state index in [-0.39, 0.29) is 36.3 Å². The van der Waals surface area contributed by atoms with Crippen molar-refractivity contribution in [2.75, 3.05) is 0 Å². The summed E-state index contributed by atoms with van der Waals surface area (Å²) in [5.74, 6) is -0.695. The molecule has 7 N–H and O–H groups in total. The van der Waals surface area contributed by atoms with Gasteiger partial charge in [-0.25, -0.2) is 0 Å². The van der Waals surface area contributed by atoms with Crippen molar-refractivity contribution in [2.24, 2.45) is 10.8 Å². The summed E-state index contributed by atoms with van der Waals surface area (Å²) in [5, 5.41) is 30.3. The SMILES string of the molecule is Cc1ccc(S(=O)(=O)O)cc1.N=C(N)N(O)N=Cc1cc(Cl)cc([N+](=O)[O-])c1Br.O. The van der Waals surface area contributed by atoms with Crippen LogP contribution in [0.3, 0.4) is 0 Å². The Labute approximate surface area is 184 Å². The molecule has 2 rings (SSSR count). The van der Waals surface area contributed by atoms with E-state index in [0.717, 1.165) is 11.8 Å². The number of nitrogens with one attached hydrogen (secondary N) is 1. The largest absolute Gasteiger partial charge is 0.412 e. The highest BCUT2D eigenvalue weighted by atomic mass is 79.9. The number of nitro benzene ring substituents is 1. The van der Waals surface area contributed by atoms with Crippen LogP contribution in [0, 0.1) is 22.4 Å². The molecule has 0 saturated heterocycles. The van der Waals surface area contributed by atoms with Gasteiger partial charge in [-0.1, -0.05) is 29.3 Å². The number of hydrazone groups is 1. The molecule has 0 saturated carbocycles. The number of guanidine groups is 1. The average Bonchev–Trinajstić information content (AvgIpc) is 2.61. The van der Waals surface area contributed by atoms with Gasteiger partial charge in [-0.3, -0.25) is 25.3 Å². The molecule has 2 aromatic carbocycles. The second-order valence-electron chi connectivity index (χ2n) is 5.29. The summed E-state index contributed by atoms with van der Waals surface area (Å²) in [7, 11) is -4.02. The lowest BCUT2D eigenvalue weighted by atomic mass is 10.2. The number of halogens is 2. The molecule has 30 heavy (non-hydrogen) atoms. The Hall–Kier alpha value is -2.62. The number of nitro groups is 1. The van der Waals surface area contributed by atoms with Gasteiger partial charge in [0, 0.05) is 16.7 Å². The lowest BCUT2D eigenvalue weighted by Gasteiger charge is -2.06. The predicted octanol–water partition coefficient (Wildman–Crippen LogP) is 2.35. The predicted molar refractivity (Wildman–Crippen MR) is 114 cm³/mol. The second kappa shape index (κ2) is 11.5. The Morgan fingerprint density at radius 3 is 2.33 bits per heavy atom. The molecule has 0 fully saturated rings. The zero-order chi connectivity index (χ0) is 22.4. The molecule has 164 valence electrons. The van der Waals surface area contributed by atoms with Gasteiger partial charge in [0.25, 0.3) is 15.8 Å². The number of hydrogen-bond acceptors (Lipinski definition) is 7. The van der Waals surface area contributed by atoms with Crippen LogP contribution in [0.15, 0.2) is 50.9 Å². The summed E-state index contributed by atoms with van der Waals surface area (Å²) in [5.41, 5.74) is 5.92. The quantitative estimate of drug-likeness (QED) is 0.152. The van der Waals surface area contributed by atoms with Crippen LogP contribution in [-0.2, 0) is 10.1 Å². The number of benzene rings is 2. The fourth-order valence-corrected chi connectivity index (χ4v) is 2.89. The average molecular weight is 527 g/mol. The van der Waals surface area contributed by atoms with Crippen molar-refractivity contribution in [1.29, 1.82) is 5.41 Å². The van der Waals surface area contributed by atoms with Crippen molar-refractivity contribution in [3.05, 3.63) is 67.1 Å². The first kappa shape index (κ1) is 27.4. The number of hydroxylamine groups is 1. The number of hydrogen-bond donors (Lipinski definition) is 4. The highest BCUT2D eigenvalue weighted by Crippen LogP contribution is 2.31. The van der Waals surface area contributed by atoms with Crippen LogP contribution in [-0.4, -0.2) is 45.9 Å². The molecule has 15 heteroatoms. The van der Waals surface area contributed by atoms with Gasteiger partial charge in [-0.15, -0.1) is 5.17 Å². The molecule has 0 aromatic heterocycles.